The van der Waals surface area contributed by atoms with Crippen LogP contribution in [0.4, 0.5) is 34.1 Å². The van der Waals surface area contributed by atoms with Gasteiger partial charge in [0, 0.05) is 58.5 Å². The van der Waals surface area contributed by atoms with E-state index in [0.717, 1.165) is 34.1 Å². The van der Waals surface area contributed by atoms with Gasteiger partial charge in [-0.15, -0.1) is 0 Å². The monoisotopic (exact) mass is 510 g/mol. The molecular formula is C30H30N4O2S. The van der Waals surface area contributed by atoms with Crippen LogP contribution in [0.25, 0.3) is 0 Å². The lowest BCUT2D eigenvalue weighted by Crippen LogP contribution is -2.14. The molecule has 7 heteroatoms. The molecule has 2 amide bonds. The van der Waals surface area contributed by atoms with Gasteiger partial charge in [-0.3, -0.25) is 9.59 Å². The molecular weight excluding hydrogens is 480 g/mol. The molecule has 0 aliphatic heterocycles. The molecule has 0 fully saturated rings. The zero-order valence-corrected chi connectivity index (χ0v) is 21.3. The minimum atomic E-state index is -0.0371. The second kappa shape index (κ2) is 13.8. The maximum atomic E-state index is 12.2. The molecule has 4 aromatic rings. The van der Waals surface area contributed by atoms with Gasteiger partial charge in [-0.2, -0.15) is 11.8 Å². The second-order valence-corrected chi connectivity index (χ2v) is 9.57. The van der Waals surface area contributed by atoms with Crippen molar-refractivity contribution in [3.05, 3.63) is 109 Å². The van der Waals surface area contributed by atoms with Crippen molar-refractivity contribution in [3.63, 3.8) is 0 Å². The first kappa shape index (κ1) is 25.9. The quantitative estimate of drug-likeness (QED) is 0.151. The Balaban J connectivity index is 1.09. The third-order valence-corrected chi connectivity index (χ3v) is 6.39. The fourth-order valence-corrected chi connectivity index (χ4v) is 4.39. The van der Waals surface area contributed by atoms with Crippen LogP contribution in [0.2, 0.25) is 0 Å². The summed E-state index contributed by atoms with van der Waals surface area (Å²) in [6.07, 6.45) is 0.790. The van der Waals surface area contributed by atoms with Crippen molar-refractivity contribution < 1.29 is 9.59 Å². The van der Waals surface area contributed by atoms with Gasteiger partial charge in [0.05, 0.1) is 0 Å². The molecule has 0 saturated heterocycles. The van der Waals surface area contributed by atoms with E-state index in [9.17, 15) is 9.59 Å². The van der Waals surface area contributed by atoms with Crippen LogP contribution in [0.1, 0.15) is 12.8 Å². The van der Waals surface area contributed by atoms with Crippen LogP contribution in [0.5, 0.6) is 0 Å². The number of amides is 2. The van der Waals surface area contributed by atoms with E-state index in [1.165, 1.54) is 0 Å². The molecule has 0 aromatic heterocycles. The average molecular weight is 511 g/mol. The molecule has 4 rings (SSSR count). The largest absolute Gasteiger partial charge is 0.356 e. The number of thioether (sulfide) groups is 1. The lowest BCUT2D eigenvalue weighted by Gasteiger charge is -2.09. The predicted molar refractivity (Wildman–Crippen MR) is 156 cm³/mol. The number of anilines is 6. The Labute approximate surface area is 221 Å². The highest BCUT2D eigenvalue weighted by molar-refractivity contribution is 7.99. The average Bonchev–Trinajstić information content (AvgIpc) is 2.92. The van der Waals surface area contributed by atoms with E-state index in [1.807, 2.05) is 109 Å². The Morgan fingerprint density at radius 2 is 0.784 bits per heavy atom. The van der Waals surface area contributed by atoms with Crippen molar-refractivity contribution in [1.29, 1.82) is 0 Å². The number of hydrogen-bond donors (Lipinski definition) is 4. The van der Waals surface area contributed by atoms with Crippen LogP contribution in [0, 0.1) is 0 Å². The standard InChI is InChI=1S/C30H30N4O2S/c35-29(33-27-15-11-25(12-16-27)31-23-7-3-1-4-8-23)19-21-37-22-20-30(36)34-28-17-13-26(14-18-28)32-24-9-5-2-6-10-24/h1-18,31-32H,19-22H2,(H,33,35)(H,34,36). The number of carbonyl (C=O) groups excluding carboxylic acids is 2. The lowest BCUT2D eigenvalue weighted by molar-refractivity contribution is -0.116. The van der Waals surface area contributed by atoms with Crippen LogP contribution in [-0.2, 0) is 9.59 Å². The lowest BCUT2D eigenvalue weighted by atomic mass is 10.2. The normalized spacial score (nSPS) is 10.4. The van der Waals surface area contributed by atoms with Gasteiger partial charge in [0.25, 0.3) is 0 Å². The van der Waals surface area contributed by atoms with Crippen LogP contribution in [0.15, 0.2) is 109 Å². The highest BCUT2D eigenvalue weighted by Gasteiger charge is 2.06. The highest BCUT2D eigenvalue weighted by atomic mass is 32.2. The van der Waals surface area contributed by atoms with Crippen molar-refractivity contribution in [2.75, 3.05) is 32.8 Å². The molecule has 6 nitrogen and oxygen atoms in total. The molecule has 4 aromatic carbocycles. The van der Waals surface area contributed by atoms with E-state index in [2.05, 4.69) is 21.3 Å². The SMILES string of the molecule is O=C(CCSCCC(=O)Nc1ccc(Nc2ccccc2)cc1)Nc1ccc(Nc2ccccc2)cc1. The summed E-state index contributed by atoms with van der Waals surface area (Å²) in [7, 11) is 0. The maximum Gasteiger partial charge on any atom is 0.225 e. The number of nitrogens with one attached hydrogen (secondary N) is 4. The molecule has 0 spiro atoms. The van der Waals surface area contributed by atoms with E-state index >= 15 is 0 Å². The summed E-state index contributed by atoms with van der Waals surface area (Å²) >= 11 is 1.60. The minimum absolute atomic E-state index is 0.0371. The van der Waals surface area contributed by atoms with E-state index in [1.54, 1.807) is 11.8 Å². The molecule has 0 saturated carbocycles. The minimum Gasteiger partial charge on any atom is -0.356 e. The Morgan fingerprint density at radius 1 is 0.459 bits per heavy atom. The van der Waals surface area contributed by atoms with Crippen molar-refractivity contribution in [2.45, 2.75) is 12.8 Å². The topological polar surface area (TPSA) is 82.3 Å². The molecule has 0 aliphatic carbocycles. The summed E-state index contributed by atoms with van der Waals surface area (Å²) in [4.78, 5) is 24.5. The summed E-state index contributed by atoms with van der Waals surface area (Å²) in [5, 5.41) is 12.5. The zero-order chi connectivity index (χ0) is 25.7. The van der Waals surface area contributed by atoms with Crippen LogP contribution < -0.4 is 21.3 Å². The molecule has 0 bridgehead atoms. The number of rotatable bonds is 12. The fourth-order valence-electron chi connectivity index (χ4n) is 3.53. The first-order valence-electron chi connectivity index (χ1n) is 12.2. The van der Waals surface area contributed by atoms with Crippen LogP contribution in [-0.4, -0.2) is 23.3 Å². The molecule has 0 heterocycles. The Morgan fingerprint density at radius 3 is 1.16 bits per heavy atom. The molecule has 0 atom stereocenters. The number of hydrogen-bond acceptors (Lipinski definition) is 5. The Bertz CT molecular complexity index is 1160. The molecule has 188 valence electrons. The van der Waals surface area contributed by atoms with E-state index < -0.39 is 0 Å². The maximum absolute atomic E-state index is 12.2. The van der Waals surface area contributed by atoms with Gasteiger partial charge in [-0.1, -0.05) is 36.4 Å². The molecule has 0 aliphatic rings. The number of carbonyl (C=O) groups is 2. The smallest absolute Gasteiger partial charge is 0.225 e. The highest BCUT2D eigenvalue weighted by Crippen LogP contribution is 2.20. The Kier molecular flexibility index (Phi) is 9.61. The summed E-state index contributed by atoms with van der Waals surface area (Å²) in [5.74, 6) is 1.24. The van der Waals surface area contributed by atoms with Crippen molar-refractivity contribution in [1.82, 2.24) is 0 Å². The van der Waals surface area contributed by atoms with Crippen molar-refractivity contribution in [3.8, 4) is 0 Å². The van der Waals surface area contributed by atoms with Crippen molar-refractivity contribution >= 4 is 57.7 Å². The van der Waals surface area contributed by atoms with Crippen LogP contribution >= 0.6 is 11.8 Å². The molecule has 4 N–H and O–H groups in total. The second-order valence-electron chi connectivity index (χ2n) is 8.35. The van der Waals surface area contributed by atoms with Gasteiger partial charge < -0.3 is 21.3 Å². The van der Waals surface area contributed by atoms with Gasteiger partial charge in [-0.05, 0) is 72.8 Å². The number of para-hydroxylation sites is 2. The van der Waals surface area contributed by atoms with Gasteiger partial charge in [-0.25, -0.2) is 0 Å². The summed E-state index contributed by atoms with van der Waals surface area (Å²) < 4.78 is 0. The predicted octanol–water partition coefficient (Wildman–Crippen LogP) is 7.26. The van der Waals surface area contributed by atoms with Gasteiger partial charge in [0.2, 0.25) is 11.8 Å². The van der Waals surface area contributed by atoms with E-state index in [-0.39, 0.29) is 11.8 Å². The molecule has 0 radical (unpaired) electrons. The fraction of sp³-hybridized carbons (Fsp3) is 0.133. The van der Waals surface area contributed by atoms with Gasteiger partial charge in [0.15, 0.2) is 0 Å². The summed E-state index contributed by atoms with van der Waals surface area (Å²) in [5.41, 5.74) is 5.46. The Hall–Kier alpha value is -4.23. The first-order chi connectivity index (χ1) is 18.1. The molecule has 0 unspecified atom stereocenters. The van der Waals surface area contributed by atoms with Crippen molar-refractivity contribution in [2.24, 2.45) is 0 Å². The van der Waals surface area contributed by atoms with E-state index in [4.69, 9.17) is 0 Å². The third-order valence-electron chi connectivity index (χ3n) is 5.41. The third kappa shape index (κ3) is 9.05. The van der Waals surface area contributed by atoms with Gasteiger partial charge >= 0.3 is 0 Å². The van der Waals surface area contributed by atoms with Crippen LogP contribution in [0.3, 0.4) is 0 Å². The van der Waals surface area contributed by atoms with E-state index in [0.29, 0.717) is 24.3 Å². The zero-order valence-electron chi connectivity index (χ0n) is 20.4. The summed E-state index contributed by atoms with van der Waals surface area (Å²) in [6, 6.07) is 35.1. The summed E-state index contributed by atoms with van der Waals surface area (Å²) in [6.45, 7) is 0. The van der Waals surface area contributed by atoms with Gasteiger partial charge in [0.1, 0.15) is 0 Å². The molecule has 37 heavy (non-hydrogen) atoms. The first-order valence-corrected chi connectivity index (χ1v) is 13.3. The number of benzene rings is 4.